The number of nitrogens with zero attached hydrogens (tertiary/aromatic N) is 1. The van der Waals surface area contributed by atoms with Gasteiger partial charge < -0.3 is 14.3 Å². The largest absolute Gasteiger partial charge is 0.337 e. The second-order valence-corrected chi connectivity index (χ2v) is 11.0. The van der Waals surface area contributed by atoms with E-state index in [-0.39, 0.29) is 0 Å². The summed E-state index contributed by atoms with van der Waals surface area (Å²) < 4.78 is 5.45. The number of hydrogen-bond acceptors (Lipinski definition) is 4. The molecule has 16 heavy (non-hydrogen) atoms. The van der Waals surface area contributed by atoms with Crippen molar-refractivity contribution in [3.8, 4) is 0 Å². The molecule has 3 nitrogen and oxygen atoms in total. The molecule has 0 aromatic rings. The minimum absolute atomic E-state index is 0.496. The second kappa shape index (κ2) is 6.72. The summed E-state index contributed by atoms with van der Waals surface area (Å²) >= 11 is 6.68. The van der Waals surface area contributed by atoms with E-state index in [4.69, 9.17) is 16.3 Å². The first kappa shape index (κ1) is 14.9. The topological polar surface area (TPSA) is 32.7 Å². The number of likely N-dealkylation sites (N-methyl/N-ethyl adjacent to an activating group) is 1. The zero-order chi connectivity index (χ0) is 12.2. The van der Waals surface area contributed by atoms with Crippen molar-refractivity contribution in [2.24, 2.45) is 5.92 Å². The van der Waals surface area contributed by atoms with Crippen LogP contribution in [0.1, 0.15) is 26.2 Å². The first-order valence-electron chi connectivity index (χ1n) is 5.71. The molecule has 0 amide bonds. The maximum atomic E-state index is 10.1. The van der Waals surface area contributed by atoms with Crippen LogP contribution in [-0.4, -0.2) is 42.3 Å². The Hall–Kier alpha value is 0.880. The van der Waals surface area contributed by atoms with Gasteiger partial charge in [-0.1, -0.05) is 24.7 Å². The maximum Gasteiger partial charge on any atom is 0.245 e. The highest BCUT2D eigenvalue weighted by Gasteiger charge is 2.29. The van der Waals surface area contributed by atoms with Crippen LogP contribution in [-0.2, 0) is 16.3 Å². The van der Waals surface area contributed by atoms with Crippen molar-refractivity contribution < 1.29 is 9.42 Å². The Morgan fingerprint density at radius 3 is 2.69 bits per heavy atom. The van der Waals surface area contributed by atoms with E-state index in [2.05, 4.69) is 6.92 Å². The lowest BCUT2D eigenvalue weighted by molar-refractivity contribution is 0.265. The number of hydrogen-bond donors (Lipinski definition) is 1. The summed E-state index contributed by atoms with van der Waals surface area (Å²) in [4.78, 5) is 12.1. The van der Waals surface area contributed by atoms with Crippen LogP contribution in [0.2, 0.25) is 0 Å². The maximum absolute atomic E-state index is 10.1. The third kappa shape index (κ3) is 5.48. The van der Waals surface area contributed by atoms with E-state index in [0.29, 0.717) is 17.8 Å². The van der Waals surface area contributed by atoms with Crippen LogP contribution in [0, 0.1) is 5.92 Å². The molecule has 0 saturated heterocycles. The van der Waals surface area contributed by atoms with Crippen molar-refractivity contribution in [2.45, 2.75) is 31.4 Å². The summed E-state index contributed by atoms with van der Waals surface area (Å²) in [6.07, 6.45) is 3.68. The zero-order valence-corrected chi connectivity index (χ0v) is 12.8. The van der Waals surface area contributed by atoms with Crippen LogP contribution in [0.15, 0.2) is 0 Å². The third-order valence-electron chi connectivity index (χ3n) is 2.84. The molecule has 0 radical (unpaired) electrons. The van der Waals surface area contributed by atoms with Gasteiger partial charge >= 0.3 is 0 Å². The number of rotatable bonds is 6. The van der Waals surface area contributed by atoms with Crippen LogP contribution in [0.5, 0.6) is 0 Å². The second-order valence-electron chi connectivity index (χ2n) is 4.66. The van der Waals surface area contributed by atoms with Crippen molar-refractivity contribution in [1.29, 1.82) is 0 Å². The van der Waals surface area contributed by atoms with E-state index in [9.17, 15) is 4.89 Å². The molecule has 1 N–H and O–H groups in total. The summed E-state index contributed by atoms with van der Waals surface area (Å²) in [5.74, 6) is 0.664. The van der Waals surface area contributed by atoms with Crippen molar-refractivity contribution in [3.63, 3.8) is 0 Å². The molecule has 1 rings (SSSR count). The highest BCUT2D eigenvalue weighted by Crippen LogP contribution is 2.61. The monoisotopic (exact) mass is 283 g/mol. The van der Waals surface area contributed by atoms with Crippen LogP contribution < -0.4 is 0 Å². The van der Waals surface area contributed by atoms with Gasteiger partial charge in [-0.05, 0) is 44.7 Å². The van der Waals surface area contributed by atoms with Gasteiger partial charge in [-0.3, -0.25) is 0 Å². The Morgan fingerprint density at radius 2 is 2.19 bits per heavy atom. The van der Waals surface area contributed by atoms with Gasteiger partial charge in [-0.15, -0.1) is 0 Å². The molecule has 6 heteroatoms. The molecular formula is C10H22NO2PS2. The molecule has 0 aromatic heterocycles. The molecule has 96 valence electrons. The standard InChI is InChI=1S/C10H22NO2PS2/c1-9-5-4-6-10(9)16-14(12,15)13-8-7-11(2)3/h9-10H,4-8H2,1-3H3,(H,12,15)/t9-,10-,14?/m1/s1. The van der Waals surface area contributed by atoms with Gasteiger partial charge in [-0.25, -0.2) is 0 Å². The smallest absolute Gasteiger partial charge is 0.245 e. The molecule has 0 heterocycles. The van der Waals surface area contributed by atoms with Crippen LogP contribution >= 0.6 is 17.1 Å². The highest BCUT2D eigenvalue weighted by atomic mass is 32.9. The summed E-state index contributed by atoms with van der Waals surface area (Å²) in [6, 6.07) is 0. The molecule has 0 bridgehead atoms. The van der Waals surface area contributed by atoms with Crippen molar-refractivity contribution >= 4 is 28.9 Å². The highest BCUT2D eigenvalue weighted by molar-refractivity contribution is 8.67. The zero-order valence-electron chi connectivity index (χ0n) is 10.3. The lowest BCUT2D eigenvalue weighted by Crippen LogP contribution is -2.17. The summed E-state index contributed by atoms with van der Waals surface area (Å²) in [5.41, 5.74) is -2.61. The molecule has 0 aliphatic heterocycles. The minimum atomic E-state index is -2.61. The van der Waals surface area contributed by atoms with E-state index in [0.717, 1.165) is 6.54 Å². The van der Waals surface area contributed by atoms with Crippen molar-refractivity contribution in [3.05, 3.63) is 0 Å². The third-order valence-corrected chi connectivity index (χ3v) is 7.61. The van der Waals surface area contributed by atoms with Gasteiger partial charge in [0.15, 0.2) is 0 Å². The molecule has 3 atom stereocenters. The summed E-state index contributed by atoms with van der Waals surface area (Å²) in [5, 5.41) is 0.496. The van der Waals surface area contributed by atoms with Gasteiger partial charge in [0.25, 0.3) is 0 Å². The van der Waals surface area contributed by atoms with Crippen molar-refractivity contribution in [1.82, 2.24) is 4.90 Å². The first-order valence-corrected chi connectivity index (χ1v) is 9.87. The predicted molar refractivity (Wildman–Crippen MR) is 75.4 cm³/mol. The summed E-state index contributed by atoms with van der Waals surface area (Å²) in [7, 11) is 3.97. The quantitative estimate of drug-likeness (QED) is 0.758. The summed E-state index contributed by atoms with van der Waals surface area (Å²) in [6.45, 7) is 3.56. The van der Waals surface area contributed by atoms with Crippen LogP contribution in [0.4, 0.5) is 0 Å². The molecule has 0 aromatic carbocycles. The first-order chi connectivity index (χ1) is 7.41. The fourth-order valence-electron chi connectivity index (χ4n) is 1.81. The van der Waals surface area contributed by atoms with Gasteiger partial charge in [0, 0.05) is 11.8 Å². The SMILES string of the molecule is C[C@@H]1CCC[C@H]1SP(O)(=S)OCCN(C)C. The molecule has 1 fully saturated rings. The molecule has 1 aliphatic carbocycles. The lowest BCUT2D eigenvalue weighted by atomic mass is 10.1. The fraction of sp³-hybridized carbons (Fsp3) is 1.00. The Bertz CT molecular complexity index is 263. The molecule has 1 unspecified atom stereocenters. The van der Waals surface area contributed by atoms with Gasteiger partial charge in [0.2, 0.25) is 5.69 Å². The predicted octanol–water partition coefficient (Wildman–Crippen LogP) is 2.70. The fourth-order valence-corrected chi connectivity index (χ4v) is 6.73. The van der Waals surface area contributed by atoms with Crippen LogP contribution in [0.3, 0.4) is 0 Å². The van der Waals surface area contributed by atoms with E-state index < -0.39 is 5.69 Å². The van der Waals surface area contributed by atoms with Crippen molar-refractivity contribution in [2.75, 3.05) is 27.2 Å². The van der Waals surface area contributed by atoms with E-state index in [1.807, 2.05) is 19.0 Å². The van der Waals surface area contributed by atoms with Gasteiger partial charge in [0.05, 0.1) is 6.61 Å². The minimum Gasteiger partial charge on any atom is -0.337 e. The Kier molecular flexibility index (Phi) is 6.27. The molecule has 1 aliphatic rings. The average molecular weight is 283 g/mol. The van der Waals surface area contributed by atoms with Gasteiger partial charge in [-0.2, -0.15) is 0 Å². The molecule has 1 saturated carbocycles. The molecular weight excluding hydrogens is 261 g/mol. The van der Waals surface area contributed by atoms with E-state index in [1.54, 1.807) is 0 Å². The molecule has 0 spiro atoms. The van der Waals surface area contributed by atoms with Gasteiger partial charge in [0.1, 0.15) is 0 Å². The Labute approximate surface area is 108 Å². The van der Waals surface area contributed by atoms with Crippen LogP contribution in [0.25, 0.3) is 0 Å². The van der Waals surface area contributed by atoms with E-state index in [1.165, 1.54) is 30.6 Å². The Balaban J connectivity index is 2.30. The normalized spacial score (nSPS) is 29.6. The Morgan fingerprint density at radius 1 is 1.50 bits per heavy atom. The van der Waals surface area contributed by atoms with E-state index >= 15 is 0 Å². The average Bonchev–Trinajstić information content (AvgIpc) is 2.50. The lowest BCUT2D eigenvalue weighted by Gasteiger charge is -2.22.